The van der Waals surface area contributed by atoms with Gasteiger partial charge in [0.15, 0.2) is 0 Å². The van der Waals surface area contributed by atoms with Crippen LogP contribution in [0.25, 0.3) is 0 Å². The fraction of sp³-hybridized carbons (Fsp3) is 0.467. The summed E-state index contributed by atoms with van der Waals surface area (Å²) in [7, 11) is 0. The third kappa shape index (κ3) is 7.22. The molecule has 3 aliphatic heterocycles. The average Bonchev–Trinajstić information content (AvgIpc) is 1.66. The lowest BCUT2D eigenvalue weighted by molar-refractivity contribution is 0.332. The molecule has 4 aliphatic carbocycles. The number of anilines is 9. The van der Waals surface area contributed by atoms with Gasteiger partial charge in [0.25, 0.3) is 6.71 Å². The standard InChI is InChI=1S/C75H88BN3S/c1-67(2)31-33-69(5,6)52-39-45(27-29-48(52)67)77-59-44-55-54(71(9,10)35-36-72(55,11)12)43-56(59)76-63-60(77)41-47(78-57-25-21-19-23-50(57)75(17,18)51-24-20-22-26-58(51)78)42-61(63)79(46-28-30-49-53(40-46)70(7,8)34-32-68(49,3)4)64-62-65(80-66(64)76)74(15,16)38-37-73(62,13)14/h19-30,39-44H,31-38H2,1-18H3. The molecule has 0 spiro atoms. The van der Waals surface area contributed by atoms with Crippen LogP contribution in [0.4, 0.5) is 51.2 Å². The van der Waals surface area contributed by atoms with Crippen LogP contribution in [0.5, 0.6) is 0 Å². The summed E-state index contributed by atoms with van der Waals surface area (Å²) in [6, 6.07) is 44.8. The molecule has 0 saturated carbocycles. The van der Waals surface area contributed by atoms with Crippen LogP contribution in [-0.4, -0.2) is 6.71 Å². The third-order valence-corrected chi connectivity index (χ3v) is 24.2. The number of hydrogen-bond acceptors (Lipinski definition) is 4. The van der Waals surface area contributed by atoms with E-state index in [9.17, 15) is 0 Å². The van der Waals surface area contributed by atoms with E-state index >= 15 is 0 Å². The molecule has 14 rings (SSSR count). The number of nitrogens with zero attached hydrogens (tertiary/aromatic N) is 3. The molecular weight excluding hydrogens is 986 g/mol. The Bertz CT molecular complexity index is 3760. The Morgan fingerprint density at radius 3 is 1.25 bits per heavy atom. The van der Waals surface area contributed by atoms with Crippen LogP contribution in [0.2, 0.25) is 0 Å². The Kier molecular flexibility index (Phi) is 10.8. The minimum absolute atomic E-state index is 0.0219. The van der Waals surface area contributed by atoms with Crippen molar-refractivity contribution in [2.75, 3.05) is 14.7 Å². The highest BCUT2D eigenvalue weighted by molar-refractivity contribution is 7.29. The molecule has 0 atom stereocenters. The van der Waals surface area contributed by atoms with Crippen LogP contribution in [-0.2, 0) is 48.7 Å². The average molecular weight is 1070 g/mol. The quantitative estimate of drug-likeness (QED) is 0.163. The van der Waals surface area contributed by atoms with Crippen molar-refractivity contribution < 1.29 is 0 Å². The van der Waals surface area contributed by atoms with Gasteiger partial charge in [-0.05, 0) is 210 Å². The van der Waals surface area contributed by atoms with Crippen LogP contribution in [0.3, 0.4) is 0 Å². The largest absolute Gasteiger partial charge is 0.311 e. The smallest absolute Gasteiger partial charge is 0.264 e. The van der Waals surface area contributed by atoms with Crippen LogP contribution in [0, 0.1) is 0 Å². The maximum absolute atomic E-state index is 2.85. The first-order valence-corrected chi connectivity index (χ1v) is 31.6. The summed E-state index contributed by atoms with van der Waals surface area (Å²) >= 11 is 2.17. The van der Waals surface area contributed by atoms with Gasteiger partial charge >= 0.3 is 0 Å². The SMILES string of the molecule is CC1(C)CCC(C)(C)c2cc(N3c4cc5c(cc4B4c6sc7c(c6N(c6ccc8c(c6)C(C)(C)CCC8(C)C)c6cc(N8c9ccccc9C(C)(C)c9ccccc98)cc3c64)C(C)(C)CCC7(C)C)C(C)(C)CCC5(C)C)ccc21. The number of hydrogen-bond donors (Lipinski definition) is 0. The molecule has 0 radical (unpaired) electrons. The molecule has 3 nitrogen and oxygen atoms in total. The number of benzene rings is 6. The highest BCUT2D eigenvalue weighted by Gasteiger charge is 2.53. The minimum atomic E-state index is -0.190. The normalized spacial score (nSPS) is 22.5. The summed E-state index contributed by atoms with van der Waals surface area (Å²) in [6.07, 6.45) is 9.41. The highest BCUT2D eigenvalue weighted by Crippen LogP contribution is 2.61. The maximum atomic E-state index is 2.85. The lowest BCUT2D eigenvalue weighted by atomic mass is 9.35. The lowest BCUT2D eigenvalue weighted by Crippen LogP contribution is -2.61. The van der Waals surface area contributed by atoms with E-state index in [-0.39, 0.29) is 55.4 Å². The molecule has 0 saturated heterocycles. The molecule has 0 amide bonds. The fourth-order valence-electron chi connectivity index (χ4n) is 16.9. The number of thiophene rings is 1. The van der Waals surface area contributed by atoms with E-state index in [0.717, 1.165) is 6.42 Å². The summed E-state index contributed by atoms with van der Waals surface area (Å²) in [5.41, 5.74) is 28.1. The van der Waals surface area contributed by atoms with Crippen LogP contribution < -0.4 is 30.4 Å². The molecule has 0 N–H and O–H groups in total. The van der Waals surface area contributed by atoms with Crippen LogP contribution in [0.15, 0.2) is 109 Å². The summed E-state index contributed by atoms with van der Waals surface area (Å²) < 4.78 is 1.52. The minimum Gasteiger partial charge on any atom is -0.311 e. The maximum Gasteiger partial charge on any atom is 0.264 e. The molecule has 7 aromatic rings. The Hall–Kier alpha value is -5.52. The topological polar surface area (TPSA) is 9.72 Å². The number of fused-ring (bicyclic) bond motifs is 11. The van der Waals surface area contributed by atoms with E-state index in [4.69, 9.17) is 0 Å². The van der Waals surface area contributed by atoms with Gasteiger partial charge in [-0.1, -0.05) is 179 Å². The van der Waals surface area contributed by atoms with E-state index in [1.807, 2.05) is 0 Å². The van der Waals surface area contributed by atoms with Gasteiger partial charge in [-0.2, -0.15) is 11.3 Å². The van der Waals surface area contributed by atoms with Gasteiger partial charge in [-0.25, -0.2) is 0 Å². The zero-order valence-electron chi connectivity index (χ0n) is 51.9. The van der Waals surface area contributed by atoms with Crippen molar-refractivity contribution in [1.82, 2.24) is 0 Å². The third-order valence-electron chi connectivity index (χ3n) is 22.6. The zero-order chi connectivity index (χ0) is 56.6. The van der Waals surface area contributed by atoms with Gasteiger partial charge in [-0.3, -0.25) is 0 Å². The van der Waals surface area contributed by atoms with Crippen LogP contribution >= 0.6 is 11.3 Å². The van der Waals surface area contributed by atoms with Gasteiger partial charge in [0.05, 0.1) is 22.7 Å². The predicted octanol–water partition coefficient (Wildman–Crippen LogP) is 19.3. The second-order valence-electron chi connectivity index (χ2n) is 32.0. The monoisotopic (exact) mass is 1070 g/mol. The first kappa shape index (κ1) is 52.6. The number of para-hydroxylation sites is 2. The summed E-state index contributed by atoms with van der Waals surface area (Å²) in [5, 5.41) is 0. The Balaban J connectivity index is 1.17. The first-order valence-electron chi connectivity index (χ1n) is 30.8. The second kappa shape index (κ2) is 16.4. The molecule has 5 heteroatoms. The molecule has 412 valence electrons. The van der Waals surface area contributed by atoms with E-state index in [2.05, 4.69) is 260 Å². The van der Waals surface area contributed by atoms with Gasteiger partial charge in [0, 0.05) is 43.5 Å². The second-order valence-corrected chi connectivity index (χ2v) is 33.1. The molecule has 0 fully saturated rings. The Morgan fingerprint density at radius 2 is 0.738 bits per heavy atom. The summed E-state index contributed by atoms with van der Waals surface area (Å²) in [6.45, 7) is 45.2. The molecule has 1 aromatic heterocycles. The molecule has 80 heavy (non-hydrogen) atoms. The predicted molar refractivity (Wildman–Crippen MR) is 346 cm³/mol. The molecule has 7 aliphatic rings. The van der Waals surface area contributed by atoms with Gasteiger partial charge in [-0.15, -0.1) is 0 Å². The lowest BCUT2D eigenvalue weighted by Gasteiger charge is -2.49. The van der Waals surface area contributed by atoms with Crippen molar-refractivity contribution in [1.29, 1.82) is 0 Å². The molecular formula is C75H88BN3S. The van der Waals surface area contributed by atoms with E-state index in [1.165, 1.54) is 156 Å². The zero-order valence-corrected chi connectivity index (χ0v) is 52.7. The van der Waals surface area contributed by atoms with Crippen molar-refractivity contribution in [2.24, 2.45) is 0 Å². The van der Waals surface area contributed by atoms with E-state index in [0.29, 0.717) is 0 Å². The molecule has 6 aromatic carbocycles. The highest BCUT2D eigenvalue weighted by atomic mass is 32.1. The van der Waals surface area contributed by atoms with Crippen molar-refractivity contribution in [3.05, 3.63) is 164 Å². The van der Waals surface area contributed by atoms with Crippen molar-refractivity contribution >= 4 is 84.9 Å². The van der Waals surface area contributed by atoms with Gasteiger partial charge in [0.1, 0.15) is 0 Å². The summed E-state index contributed by atoms with van der Waals surface area (Å²) in [4.78, 5) is 9.87. The van der Waals surface area contributed by atoms with E-state index in [1.54, 1.807) is 10.4 Å². The Morgan fingerprint density at radius 1 is 0.338 bits per heavy atom. The molecule has 4 heterocycles. The Labute approximate surface area is 485 Å². The number of rotatable bonds is 3. The van der Waals surface area contributed by atoms with Crippen molar-refractivity contribution in [3.8, 4) is 0 Å². The van der Waals surface area contributed by atoms with E-state index < -0.39 is 0 Å². The molecule has 0 unspecified atom stereocenters. The fourth-order valence-corrected chi connectivity index (χ4v) is 18.6. The van der Waals surface area contributed by atoms with Crippen LogP contribution in [0.1, 0.15) is 231 Å². The van der Waals surface area contributed by atoms with Crippen molar-refractivity contribution in [2.45, 2.75) is 225 Å². The van der Waals surface area contributed by atoms with Crippen molar-refractivity contribution in [3.63, 3.8) is 0 Å². The first-order chi connectivity index (χ1) is 37.4. The molecule has 0 bridgehead atoms. The summed E-state index contributed by atoms with van der Waals surface area (Å²) in [5.74, 6) is 0. The van der Waals surface area contributed by atoms with Gasteiger partial charge < -0.3 is 14.7 Å². The van der Waals surface area contributed by atoms with Gasteiger partial charge in [0.2, 0.25) is 0 Å².